The molecular weight excluding hydrogens is 350 g/mol. The van der Waals surface area contributed by atoms with Crippen molar-refractivity contribution in [3.05, 3.63) is 60.7 Å². The van der Waals surface area contributed by atoms with Gasteiger partial charge >= 0.3 is 0 Å². The number of rotatable bonds is 3. The molecule has 3 aromatic carbocycles. The fourth-order valence-corrected chi connectivity index (χ4v) is 3.33. The summed E-state index contributed by atoms with van der Waals surface area (Å²) in [6, 6.07) is 19.3. The van der Waals surface area contributed by atoms with Crippen molar-refractivity contribution in [3.8, 4) is 28.5 Å². The number of benzene rings is 3. The summed E-state index contributed by atoms with van der Waals surface area (Å²) in [5, 5.41) is 9.47. The van der Waals surface area contributed by atoms with Crippen molar-refractivity contribution < 1.29 is 5.11 Å². The highest BCUT2D eigenvalue weighted by atomic mass is 16.3. The molecule has 6 nitrogen and oxygen atoms in total. The Labute approximate surface area is 161 Å². The van der Waals surface area contributed by atoms with Crippen LogP contribution in [0.2, 0.25) is 0 Å². The van der Waals surface area contributed by atoms with Crippen molar-refractivity contribution in [2.45, 2.75) is 0 Å². The molecule has 0 aliphatic carbocycles. The highest BCUT2D eigenvalue weighted by molar-refractivity contribution is 5.87. The summed E-state index contributed by atoms with van der Waals surface area (Å²) in [6.45, 7) is 0. The van der Waals surface area contributed by atoms with E-state index in [9.17, 15) is 5.11 Å². The lowest BCUT2D eigenvalue weighted by Gasteiger charge is -2.11. The first-order chi connectivity index (χ1) is 13.6. The highest BCUT2D eigenvalue weighted by Crippen LogP contribution is 2.28. The van der Waals surface area contributed by atoms with Crippen molar-refractivity contribution in [3.63, 3.8) is 0 Å². The summed E-state index contributed by atoms with van der Waals surface area (Å²) in [5.41, 5.74) is 6.83. The Morgan fingerprint density at radius 1 is 0.714 bits per heavy atom. The molecule has 0 amide bonds. The first-order valence-electron chi connectivity index (χ1n) is 9.03. The normalized spacial score (nSPS) is 11.4. The van der Waals surface area contributed by atoms with Crippen LogP contribution in [0.4, 0.5) is 5.69 Å². The molecule has 2 heterocycles. The maximum atomic E-state index is 9.47. The maximum absolute atomic E-state index is 9.47. The summed E-state index contributed by atoms with van der Waals surface area (Å²) < 4.78 is 0. The fraction of sp³-hybridized carbons (Fsp3) is 0.0909. The van der Waals surface area contributed by atoms with E-state index in [-0.39, 0.29) is 5.75 Å². The molecule has 28 heavy (non-hydrogen) atoms. The van der Waals surface area contributed by atoms with E-state index >= 15 is 0 Å². The van der Waals surface area contributed by atoms with E-state index in [4.69, 9.17) is 4.98 Å². The first kappa shape index (κ1) is 16.4. The van der Waals surface area contributed by atoms with Gasteiger partial charge in [-0.1, -0.05) is 0 Å². The Hall–Kier alpha value is -3.80. The zero-order chi connectivity index (χ0) is 19.3. The molecule has 0 bridgehead atoms. The predicted molar refractivity (Wildman–Crippen MR) is 113 cm³/mol. The lowest BCUT2D eigenvalue weighted by molar-refractivity contribution is 0.475. The van der Waals surface area contributed by atoms with Gasteiger partial charge in [-0.25, -0.2) is 9.97 Å². The molecule has 3 N–H and O–H groups in total. The average molecular weight is 369 g/mol. The number of nitrogens with zero attached hydrogens (tertiary/aromatic N) is 3. The minimum Gasteiger partial charge on any atom is -0.508 e. The topological polar surface area (TPSA) is 80.8 Å². The van der Waals surface area contributed by atoms with Crippen LogP contribution in [0.3, 0.4) is 0 Å². The van der Waals surface area contributed by atoms with Gasteiger partial charge in [0.1, 0.15) is 17.4 Å². The van der Waals surface area contributed by atoms with E-state index in [0.29, 0.717) is 0 Å². The predicted octanol–water partition coefficient (Wildman–Crippen LogP) is 4.54. The maximum Gasteiger partial charge on any atom is 0.138 e. The van der Waals surface area contributed by atoms with Gasteiger partial charge in [0.15, 0.2) is 0 Å². The van der Waals surface area contributed by atoms with Crippen molar-refractivity contribution in [1.29, 1.82) is 0 Å². The summed E-state index contributed by atoms with van der Waals surface area (Å²) >= 11 is 0. The van der Waals surface area contributed by atoms with E-state index in [2.05, 4.69) is 38.1 Å². The molecule has 0 aliphatic heterocycles. The highest BCUT2D eigenvalue weighted by Gasteiger charge is 2.10. The number of nitrogens with one attached hydrogen (secondary N) is 2. The summed E-state index contributed by atoms with van der Waals surface area (Å²) in [5.74, 6) is 1.84. The second kappa shape index (κ2) is 6.13. The van der Waals surface area contributed by atoms with E-state index in [1.54, 1.807) is 12.1 Å². The molecule has 138 valence electrons. The van der Waals surface area contributed by atoms with Gasteiger partial charge in [0.05, 0.1) is 22.1 Å². The lowest BCUT2D eigenvalue weighted by Crippen LogP contribution is -2.07. The van der Waals surface area contributed by atoms with Crippen LogP contribution in [0.1, 0.15) is 0 Å². The van der Waals surface area contributed by atoms with Crippen LogP contribution >= 0.6 is 0 Å². The van der Waals surface area contributed by atoms with Crippen molar-refractivity contribution >= 4 is 27.8 Å². The van der Waals surface area contributed by atoms with Crippen LogP contribution in [0.15, 0.2) is 60.7 Å². The van der Waals surface area contributed by atoms with E-state index in [1.807, 2.05) is 44.4 Å². The van der Waals surface area contributed by atoms with Gasteiger partial charge in [-0.05, 0) is 60.7 Å². The van der Waals surface area contributed by atoms with Crippen molar-refractivity contribution in [2.75, 3.05) is 19.0 Å². The van der Waals surface area contributed by atoms with Gasteiger partial charge in [-0.3, -0.25) is 0 Å². The summed E-state index contributed by atoms with van der Waals surface area (Å²) in [6.07, 6.45) is 0. The van der Waals surface area contributed by atoms with Crippen molar-refractivity contribution in [2.24, 2.45) is 0 Å². The number of hydrogen-bond acceptors (Lipinski definition) is 4. The van der Waals surface area contributed by atoms with Crippen LogP contribution in [0.25, 0.3) is 44.8 Å². The number of hydrogen-bond donors (Lipinski definition) is 3. The Morgan fingerprint density at radius 3 is 1.96 bits per heavy atom. The van der Waals surface area contributed by atoms with Crippen LogP contribution in [-0.2, 0) is 0 Å². The van der Waals surface area contributed by atoms with Crippen molar-refractivity contribution in [1.82, 2.24) is 19.9 Å². The number of fused-ring (bicyclic) bond motifs is 2. The monoisotopic (exact) mass is 369 g/mol. The molecule has 5 aromatic rings. The molecule has 0 spiro atoms. The van der Waals surface area contributed by atoms with E-state index in [1.165, 1.54) is 0 Å². The second-order valence-electron chi connectivity index (χ2n) is 7.05. The molecule has 2 aromatic heterocycles. The van der Waals surface area contributed by atoms with Crippen LogP contribution in [0, 0.1) is 0 Å². The van der Waals surface area contributed by atoms with Gasteiger partial charge in [0.2, 0.25) is 0 Å². The zero-order valence-corrected chi connectivity index (χ0v) is 15.6. The lowest BCUT2D eigenvalue weighted by atomic mass is 10.2. The Balaban J connectivity index is 1.56. The number of aromatic hydroxyl groups is 1. The van der Waals surface area contributed by atoms with Gasteiger partial charge in [-0.15, -0.1) is 0 Å². The quantitative estimate of drug-likeness (QED) is 0.436. The second-order valence-corrected chi connectivity index (χ2v) is 7.05. The number of aromatic nitrogens is 4. The Bertz CT molecular complexity index is 1300. The average Bonchev–Trinajstić information content (AvgIpc) is 3.31. The third-order valence-electron chi connectivity index (χ3n) is 4.88. The van der Waals surface area contributed by atoms with Gasteiger partial charge in [0.25, 0.3) is 0 Å². The molecule has 0 unspecified atom stereocenters. The third-order valence-corrected chi connectivity index (χ3v) is 4.88. The fourth-order valence-electron chi connectivity index (χ4n) is 3.33. The Morgan fingerprint density at radius 2 is 1.29 bits per heavy atom. The number of aromatic amines is 2. The standard InChI is InChI=1S/C22H19N5O/c1-27(2)15-6-10-18-20(12-15)26-22(24-18)14-5-9-17-19(11-14)25-21(23-17)13-3-7-16(28)8-4-13/h3-12,28H,1-2H3,(H,23,25)(H,24,26). The minimum atomic E-state index is 0.240. The number of phenolic OH excluding ortho intramolecular Hbond substituents is 1. The summed E-state index contributed by atoms with van der Waals surface area (Å²) in [7, 11) is 4.05. The molecule has 0 radical (unpaired) electrons. The molecule has 0 atom stereocenters. The zero-order valence-electron chi connectivity index (χ0n) is 15.6. The molecule has 0 aliphatic rings. The SMILES string of the molecule is CN(C)c1ccc2nc(-c3ccc4nc(-c5ccc(O)cc5)[nH]c4c3)[nH]c2c1. The van der Waals surface area contributed by atoms with E-state index < -0.39 is 0 Å². The largest absolute Gasteiger partial charge is 0.508 e. The molecule has 0 saturated heterocycles. The van der Waals surface area contributed by atoms with Gasteiger partial charge < -0.3 is 20.0 Å². The molecular formula is C22H19N5O. The van der Waals surface area contributed by atoms with E-state index in [0.717, 1.165) is 50.5 Å². The van der Waals surface area contributed by atoms with Gasteiger partial charge in [0, 0.05) is 30.9 Å². The van der Waals surface area contributed by atoms with Crippen LogP contribution < -0.4 is 4.90 Å². The number of phenols is 1. The third kappa shape index (κ3) is 2.75. The van der Waals surface area contributed by atoms with Crippen LogP contribution in [0.5, 0.6) is 5.75 Å². The minimum absolute atomic E-state index is 0.240. The number of anilines is 1. The molecule has 0 fully saturated rings. The Kier molecular flexibility index (Phi) is 3.58. The number of H-pyrrole nitrogens is 2. The smallest absolute Gasteiger partial charge is 0.138 e. The molecule has 0 saturated carbocycles. The molecule has 6 heteroatoms. The summed E-state index contributed by atoms with van der Waals surface area (Å²) in [4.78, 5) is 18.2. The number of imidazole rings is 2. The first-order valence-corrected chi connectivity index (χ1v) is 9.03. The van der Waals surface area contributed by atoms with Gasteiger partial charge in [-0.2, -0.15) is 0 Å². The van der Waals surface area contributed by atoms with Crippen LogP contribution in [-0.4, -0.2) is 39.1 Å². The molecule has 5 rings (SSSR count).